The first-order chi connectivity index (χ1) is 13.1. The van der Waals surface area contributed by atoms with Gasteiger partial charge in [-0.05, 0) is 25.0 Å². The number of rotatable bonds is 7. The smallest absolute Gasteiger partial charge is 0.248 e. The third kappa shape index (κ3) is 4.60. The molecule has 0 bridgehead atoms. The average Bonchev–Trinajstić information content (AvgIpc) is 2.70. The van der Waals surface area contributed by atoms with Gasteiger partial charge < -0.3 is 14.5 Å². The minimum Gasteiger partial charge on any atom is -0.372 e. The van der Waals surface area contributed by atoms with E-state index in [0.717, 1.165) is 41.9 Å². The van der Waals surface area contributed by atoms with Gasteiger partial charge in [-0.15, -0.1) is 0 Å². The molecule has 2 aromatic rings. The lowest BCUT2D eigenvalue weighted by Gasteiger charge is -2.30. The molecule has 0 saturated carbocycles. The minimum atomic E-state index is 0.0206. The second kappa shape index (κ2) is 8.90. The van der Waals surface area contributed by atoms with Crippen LogP contribution in [0.3, 0.4) is 0 Å². The summed E-state index contributed by atoms with van der Waals surface area (Å²) in [6, 6.07) is 3.79. The van der Waals surface area contributed by atoms with Crippen molar-refractivity contribution in [2.24, 2.45) is 0 Å². The fraction of sp³-hybridized carbons (Fsp3) is 0.500. The van der Waals surface area contributed by atoms with Crippen molar-refractivity contribution in [1.29, 1.82) is 0 Å². The van der Waals surface area contributed by atoms with Crippen LogP contribution in [0.2, 0.25) is 0 Å². The van der Waals surface area contributed by atoms with Crippen LogP contribution in [-0.4, -0.2) is 59.6 Å². The van der Waals surface area contributed by atoms with Gasteiger partial charge in [-0.25, -0.2) is 9.97 Å². The normalized spacial score (nSPS) is 13.4. The number of carbonyl (C=O) groups excluding carboxylic acids is 1. The molecule has 0 aliphatic carbocycles. The summed E-state index contributed by atoms with van der Waals surface area (Å²) >= 11 is 0. The summed E-state index contributed by atoms with van der Waals surface area (Å²) < 4.78 is 5.49. The highest BCUT2D eigenvalue weighted by molar-refractivity contribution is 5.78. The zero-order chi connectivity index (χ0) is 19.2. The lowest BCUT2D eigenvalue weighted by Crippen LogP contribution is -2.39. The van der Waals surface area contributed by atoms with Crippen molar-refractivity contribution in [2.45, 2.75) is 32.7 Å². The molecule has 1 aliphatic rings. The Bertz CT molecular complexity index is 779. The van der Waals surface area contributed by atoms with Crippen LogP contribution in [0.1, 0.15) is 31.0 Å². The van der Waals surface area contributed by atoms with Gasteiger partial charge in [-0.1, -0.05) is 13.3 Å². The Labute approximate surface area is 160 Å². The molecule has 1 amide bonds. The van der Waals surface area contributed by atoms with E-state index in [1.807, 2.05) is 36.0 Å². The molecule has 2 aromatic heterocycles. The maximum Gasteiger partial charge on any atom is 0.248 e. The number of unbranched alkanes of at least 4 members (excludes halogenated alkanes) is 1. The molecule has 0 fully saturated rings. The van der Waals surface area contributed by atoms with Crippen LogP contribution in [0.4, 0.5) is 5.82 Å². The van der Waals surface area contributed by atoms with Crippen LogP contribution < -0.4 is 4.90 Å². The van der Waals surface area contributed by atoms with Crippen LogP contribution in [0.25, 0.3) is 11.4 Å². The summed E-state index contributed by atoms with van der Waals surface area (Å²) in [6.45, 7) is 4.04. The number of hydrogen-bond acceptors (Lipinski definition) is 6. The van der Waals surface area contributed by atoms with Crippen LogP contribution in [0.15, 0.2) is 24.5 Å². The van der Waals surface area contributed by atoms with E-state index in [1.54, 1.807) is 12.4 Å². The Hall–Kier alpha value is -2.54. The zero-order valence-corrected chi connectivity index (χ0v) is 16.3. The number of carbonyl (C=O) groups is 1. The average molecular weight is 369 g/mol. The first-order valence-corrected chi connectivity index (χ1v) is 9.43. The van der Waals surface area contributed by atoms with E-state index in [1.165, 1.54) is 0 Å². The molecule has 0 unspecified atom stereocenters. The van der Waals surface area contributed by atoms with Gasteiger partial charge in [0.25, 0.3) is 0 Å². The summed E-state index contributed by atoms with van der Waals surface area (Å²) in [4.78, 5) is 29.9. The summed E-state index contributed by atoms with van der Waals surface area (Å²) in [6.07, 6.45) is 6.26. The maximum atomic E-state index is 12.5. The highest BCUT2D eigenvalue weighted by Crippen LogP contribution is 2.28. The fourth-order valence-electron chi connectivity index (χ4n) is 3.12. The number of aromatic nitrogens is 3. The largest absolute Gasteiger partial charge is 0.372 e. The first-order valence-electron chi connectivity index (χ1n) is 9.43. The van der Waals surface area contributed by atoms with Crippen LogP contribution in [0, 0.1) is 0 Å². The van der Waals surface area contributed by atoms with E-state index in [0.29, 0.717) is 25.5 Å². The number of amides is 1. The number of fused-ring (bicyclic) bond motifs is 1. The van der Waals surface area contributed by atoms with Gasteiger partial charge in [0.1, 0.15) is 12.4 Å². The molecule has 27 heavy (non-hydrogen) atoms. The topological polar surface area (TPSA) is 71.5 Å². The Morgan fingerprint density at radius 3 is 2.74 bits per heavy atom. The van der Waals surface area contributed by atoms with E-state index >= 15 is 0 Å². The fourth-order valence-corrected chi connectivity index (χ4v) is 3.12. The van der Waals surface area contributed by atoms with Gasteiger partial charge in [0.2, 0.25) is 5.91 Å². The lowest BCUT2D eigenvalue weighted by atomic mass is 10.0. The van der Waals surface area contributed by atoms with Gasteiger partial charge in [-0.3, -0.25) is 9.78 Å². The van der Waals surface area contributed by atoms with Crippen molar-refractivity contribution in [3.8, 4) is 11.4 Å². The third-order valence-electron chi connectivity index (χ3n) is 4.63. The number of ether oxygens (including phenoxy) is 1. The molecule has 0 N–H and O–H groups in total. The molecule has 3 heterocycles. The third-order valence-corrected chi connectivity index (χ3v) is 4.63. The Morgan fingerprint density at radius 2 is 2.04 bits per heavy atom. The minimum absolute atomic E-state index is 0.0206. The Morgan fingerprint density at radius 1 is 1.26 bits per heavy atom. The second-order valence-electron chi connectivity index (χ2n) is 6.90. The monoisotopic (exact) mass is 369 g/mol. The molecule has 0 aromatic carbocycles. The van der Waals surface area contributed by atoms with Gasteiger partial charge in [0.15, 0.2) is 5.82 Å². The van der Waals surface area contributed by atoms with E-state index < -0.39 is 0 Å². The van der Waals surface area contributed by atoms with E-state index in [4.69, 9.17) is 14.7 Å². The van der Waals surface area contributed by atoms with Crippen LogP contribution in [-0.2, 0) is 22.5 Å². The molecule has 3 rings (SSSR count). The molecular formula is C20H27N5O2. The molecule has 0 atom stereocenters. The van der Waals surface area contributed by atoms with Gasteiger partial charge in [0.05, 0.1) is 12.2 Å². The predicted molar refractivity (Wildman–Crippen MR) is 104 cm³/mol. The Kier molecular flexibility index (Phi) is 6.34. The second-order valence-corrected chi connectivity index (χ2v) is 6.90. The Balaban J connectivity index is 1.82. The number of anilines is 1. The molecule has 0 saturated heterocycles. The van der Waals surface area contributed by atoms with Crippen molar-refractivity contribution in [3.05, 3.63) is 35.8 Å². The highest BCUT2D eigenvalue weighted by atomic mass is 16.5. The molecule has 7 heteroatoms. The lowest BCUT2D eigenvalue weighted by molar-refractivity contribution is -0.137. The first kappa shape index (κ1) is 19.2. The van der Waals surface area contributed by atoms with Crippen molar-refractivity contribution >= 4 is 11.7 Å². The van der Waals surface area contributed by atoms with Crippen molar-refractivity contribution in [2.75, 3.05) is 38.8 Å². The van der Waals surface area contributed by atoms with E-state index in [2.05, 4.69) is 11.9 Å². The highest BCUT2D eigenvalue weighted by Gasteiger charge is 2.26. The summed E-state index contributed by atoms with van der Waals surface area (Å²) in [5, 5.41) is 0. The SMILES string of the molecule is CCCCOCC(=O)N1CCc2c(nc(-c3ccncc3)nc2N(C)C)C1. The molecule has 7 nitrogen and oxygen atoms in total. The van der Waals surface area contributed by atoms with E-state index in [-0.39, 0.29) is 12.5 Å². The number of pyridine rings is 1. The summed E-state index contributed by atoms with van der Waals surface area (Å²) in [7, 11) is 3.97. The van der Waals surface area contributed by atoms with Crippen LogP contribution >= 0.6 is 0 Å². The van der Waals surface area contributed by atoms with Crippen molar-refractivity contribution in [3.63, 3.8) is 0 Å². The van der Waals surface area contributed by atoms with Crippen LogP contribution in [0.5, 0.6) is 0 Å². The zero-order valence-electron chi connectivity index (χ0n) is 16.3. The molecule has 0 radical (unpaired) electrons. The quantitative estimate of drug-likeness (QED) is 0.698. The van der Waals surface area contributed by atoms with Gasteiger partial charge in [-0.2, -0.15) is 0 Å². The molecular weight excluding hydrogens is 342 g/mol. The predicted octanol–water partition coefficient (Wildman–Crippen LogP) is 2.31. The maximum absolute atomic E-state index is 12.5. The molecule has 0 spiro atoms. The molecule has 1 aliphatic heterocycles. The number of hydrogen-bond donors (Lipinski definition) is 0. The standard InChI is InChI=1S/C20H27N5O2/c1-4-5-12-27-14-18(26)25-11-8-16-17(13-25)22-19(23-20(16)24(2)3)15-6-9-21-10-7-15/h6-7,9-10H,4-5,8,11-14H2,1-3H3. The summed E-state index contributed by atoms with van der Waals surface area (Å²) in [5.74, 6) is 1.60. The number of nitrogens with zero attached hydrogens (tertiary/aromatic N) is 5. The molecule has 144 valence electrons. The van der Waals surface area contributed by atoms with E-state index in [9.17, 15) is 4.79 Å². The van der Waals surface area contributed by atoms with Gasteiger partial charge in [0, 0.05) is 50.8 Å². The van der Waals surface area contributed by atoms with Gasteiger partial charge >= 0.3 is 0 Å². The van der Waals surface area contributed by atoms with Crippen molar-refractivity contribution in [1.82, 2.24) is 19.9 Å². The van der Waals surface area contributed by atoms with Crippen molar-refractivity contribution < 1.29 is 9.53 Å². The summed E-state index contributed by atoms with van der Waals surface area (Å²) in [5.41, 5.74) is 2.95.